The van der Waals surface area contributed by atoms with E-state index >= 15 is 0 Å². The van der Waals surface area contributed by atoms with Gasteiger partial charge in [0, 0.05) is 0 Å². The molecule has 0 aromatic carbocycles. The van der Waals surface area contributed by atoms with Gasteiger partial charge in [-0.15, -0.1) is 0 Å². The SMILES string of the molecule is C=C(CCC)CC(CC)CC(C)=CC1=C(C)C(C)(C)CCC1. The van der Waals surface area contributed by atoms with Crippen molar-refractivity contribution in [3.63, 3.8) is 0 Å². The standard InChI is InChI=1S/C22H38/c1-8-11-17(3)14-20(9-2)15-18(4)16-21-12-10-13-22(6,7)19(21)5/h16,20H,3,8-15H2,1-2,4-7H3. The van der Waals surface area contributed by atoms with E-state index in [2.05, 4.69) is 54.2 Å². The normalized spacial score (nSPS) is 20.2. The molecule has 0 N–H and O–H groups in total. The summed E-state index contributed by atoms with van der Waals surface area (Å²) in [7, 11) is 0. The quantitative estimate of drug-likeness (QED) is 0.404. The Morgan fingerprint density at radius 3 is 2.55 bits per heavy atom. The van der Waals surface area contributed by atoms with E-state index in [1.165, 1.54) is 56.9 Å². The fourth-order valence-electron chi connectivity index (χ4n) is 3.75. The fraction of sp³-hybridized carbons (Fsp3) is 0.727. The average molecular weight is 303 g/mol. The molecule has 0 aromatic rings. The van der Waals surface area contributed by atoms with Crippen LogP contribution in [0.1, 0.15) is 92.9 Å². The van der Waals surface area contributed by atoms with E-state index < -0.39 is 0 Å². The molecule has 0 amide bonds. The zero-order valence-electron chi connectivity index (χ0n) is 16.0. The molecule has 0 saturated heterocycles. The minimum atomic E-state index is 0.393. The maximum absolute atomic E-state index is 4.26. The third-order valence-electron chi connectivity index (χ3n) is 5.53. The minimum absolute atomic E-state index is 0.393. The van der Waals surface area contributed by atoms with Crippen LogP contribution in [0.3, 0.4) is 0 Å². The highest BCUT2D eigenvalue weighted by molar-refractivity contribution is 5.32. The summed E-state index contributed by atoms with van der Waals surface area (Å²) in [5.74, 6) is 0.771. The number of rotatable bonds is 8. The van der Waals surface area contributed by atoms with Crippen LogP contribution in [0.25, 0.3) is 0 Å². The topological polar surface area (TPSA) is 0 Å². The lowest BCUT2D eigenvalue weighted by Crippen LogP contribution is -2.18. The van der Waals surface area contributed by atoms with Crippen molar-refractivity contribution in [2.75, 3.05) is 0 Å². The van der Waals surface area contributed by atoms with E-state index in [1.807, 2.05) is 0 Å². The Hall–Kier alpha value is -0.780. The zero-order chi connectivity index (χ0) is 16.8. The van der Waals surface area contributed by atoms with Gasteiger partial charge in [0.1, 0.15) is 0 Å². The number of hydrogen-bond acceptors (Lipinski definition) is 0. The third kappa shape index (κ3) is 5.78. The molecule has 0 bridgehead atoms. The molecule has 1 aliphatic carbocycles. The maximum Gasteiger partial charge on any atom is -0.0142 e. The van der Waals surface area contributed by atoms with Crippen molar-refractivity contribution in [1.82, 2.24) is 0 Å². The minimum Gasteiger partial charge on any atom is -0.0999 e. The fourth-order valence-corrected chi connectivity index (χ4v) is 3.75. The summed E-state index contributed by atoms with van der Waals surface area (Å²) in [5, 5.41) is 0. The predicted molar refractivity (Wildman–Crippen MR) is 101 cm³/mol. The van der Waals surface area contributed by atoms with Gasteiger partial charge in [0.05, 0.1) is 0 Å². The Labute approximate surface area is 139 Å². The van der Waals surface area contributed by atoms with E-state index in [4.69, 9.17) is 0 Å². The predicted octanol–water partition coefficient (Wildman–Crippen LogP) is 7.62. The van der Waals surface area contributed by atoms with Gasteiger partial charge in [0.25, 0.3) is 0 Å². The van der Waals surface area contributed by atoms with E-state index in [-0.39, 0.29) is 0 Å². The van der Waals surface area contributed by atoms with Crippen molar-refractivity contribution >= 4 is 0 Å². The summed E-state index contributed by atoms with van der Waals surface area (Å²) in [6, 6.07) is 0. The second-order valence-corrected chi connectivity index (χ2v) is 8.06. The monoisotopic (exact) mass is 302 g/mol. The molecule has 0 aromatic heterocycles. The van der Waals surface area contributed by atoms with Gasteiger partial charge in [-0.05, 0) is 69.3 Å². The molecule has 22 heavy (non-hydrogen) atoms. The molecule has 0 saturated carbocycles. The van der Waals surface area contributed by atoms with Crippen molar-refractivity contribution in [2.45, 2.75) is 92.9 Å². The first-order valence-electron chi connectivity index (χ1n) is 9.34. The summed E-state index contributed by atoms with van der Waals surface area (Å²) >= 11 is 0. The summed E-state index contributed by atoms with van der Waals surface area (Å²) in [6.07, 6.45) is 12.6. The van der Waals surface area contributed by atoms with Crippen LogP contribution in [0.2, 0.25) is 0 Å². The first-order valence-corrected chi connectivity index (χ1v) is 9.34. The second-order valence-electron chi connectivity index (χ2n) is 8.06. The number of allylic oxidation sites excluding steroid dienone is 5. The van der Waals surface area contributed by atoms with Gasteiger partial charge in [-0.3, -0.25) is 0 Å². The Balaban J connectivity index is 2.73. The molecule has 0 fully saturated rings. The summed E-state index contributed by atoms with van der Waals surface area (Å²) < 4.78 is 0. The van der Waals surface area contributed by atoms with E-state index in [9.17, 15) is 0 Å². The molecule has 1 unspecified atom stereocenters. The van der Waals surface area contributed by atoms with Crippen molar-refractivity contribution < 1.29 is 0 Å². The van der Waals surface area contributed by atoms with Gasteiger partial charge < -0.3 is 0 Å². The van der Waals surface area contributed by atoms with Crippen molar-refractivity contribution in [2.24, 2.45) is 11.3 Å². The Kier molecular flexibility index (Phi) is 7.66. The second kappa shape index (κ2) is 8.75. The van der Waals surface area contributed by atoms with Gasteiger partial charge in [0.15, 0.2) is 0 Å². The summed E-state index contributed by atoms with van der Waals surface area (Å²) in [4.78, 5) is 0. The average Bonchev–Trinajstić information content (AvgIpc) is 2.43. The van der Waals surface area contributed by atoms with Gasteiger partial charge in [-0.25, -0.2) is 0 Å². The lowest BCUT2D eigenvalue weighted by Gasteiger charge is -2.33. The van der Waals surface area contributed by atoms with Crippen LogP contribution in [-0.4, -0.2) is 0 Å². The molecular formula is C22H38. The van der Waals surface area contributed by atoms with Gasteiger partial charge in [0.2, 0.25) is 0 Å². The lowest BCUT2D eigenvalue weighted by atomic mass is 9.73. The molecular weight excluding hydrogens is 264 g/mol. The lowest BCUT2D eigenvalue weighted by molar-refractivity contribution is 0.370. The van der Waals surface area contributed by atoms with Crippen molar-refractivity contribution in [3.8, 4) is 0 Å². The molecule has 1 aliphatic rings. The van der Waals surface area contributed by atoms with Crippen LogP contribution >= 0.6 is 0 Å². The molecule has 1 rings (SSSR count). The Bertz CT molecular complexity index is 431. The van der Waals surface area contributed by atoms with Crippen LogP contribution in [0, 0.1) is 11.3 Å². The molecule has 126 valence electrons. The van der Waals surface area contributed by atoms with Crippen LogP contribution < -0.4 is 0 Å². The molecule has 0 heterocycles. The highest BCUT2D eigenvalue weighted by Crippen LogP contribution is 2.40. The van der Waals surface area contributed by atoms with Gasteiger partial charge in [-0.1, -0.05) is 69.9 Å². The molecule has 0 radical (unpaired) electrons. The first-order chi connectivity index (χ1) is 10.3. The molecule has 0 nitrogen and oxygen atoms in total. The van der Waals surface area contributed by atoms with E-state index in [0.717, 1.165) is 5.92 Å². The maximum atomic E-state index is 4.26. The van der Waals surface area contributed by atoms with Crippen molar-refractivity contribution in [1.29, 1.82) is 0 Å². The highest BCUT2D eigenvalue weighted by Gasteiger charge is 2.25. The van der Waals surface area contributed by atoms with Crippen LogP contribution in [0.15, 0.2) is 34.9 Å². The van der Waals surface area contributed by atoms with E-state index in [0.29, 0.717) is 5.41 Å². The van der Waals surface area contributed by atoms with Crippen molar-refractivity contribution in [3.05, 3.63) is 34.9 Å². The van der Waals surface area contributed by atoms with Crippen LogP contribution in [0.5, 0.6) is 0 Å². The van der Waals surface area contributed by atoms with Crippen LogP contribution in [0.4, 0.5) is 0 Å². The smallest absolute Gasteiger partial charge is 0.0142 e. The largest absolute Gasteiger partial charge is 0.0999 e. The molecule has 0 aliphatic heterocycles. The molecule has 0 heteroatoms. The summed E-state index contributed by atoms with van der Waals surface area (Å²) in [5.41, 5.74) is 6.61. The van der Waals surface area contributed by atoms with E-state index in [1.54, 1.807) is 16.7 Å². The summed E-state index contributed by atoms with van der Waals surface area (Å²) in [6.45, 7) is 18.3. The Morgan fingerprint density at radius 2 is 1.95 bits per heavy atom. The molecule has 0 spiro atoms. The molecule has 1 atom stereocenters. The highest BCUT2D eigenvalue weighted by atomic mass is 14.3. The number of hydrogen-bond donors (Lipinski definition) is 0. The first kappa shape index (κ1) is 19.3. The van der Waals surface area contributed by atoms with Gasteiger partial charge in [-0.2, -0.15) is 0 Å². The van der Waals surface area contributed by atoms with Crippen LogP contribution in [-0.2, 0) is 0 Å². The zero-order valence-corrected chi connectivity index (χ0v) is 16.0. The third-order valence-corrected chi connectivity index (χ3v) is 5.53. The Morgan fingerprint density at radius 1 is 1.27 bits per heavy atom. The van der Waals surface area contributed by atoms with Gasteiger partial charge >= 0.3 is 0 Å².